The molecule has 29 heavy (non-hydrogen) atoms. The number of hydrogen-bond acceptors (Lipinski definition) is 5. The molecule has 1 fully saturated rings. The summed E-state index contributed by atoms with van der Waals surface area (Å²) in [5, 5.41) is 0. The van der Waals surface area contributed by atoms with Crippen LogP contribution < -0.4 is 9.47 Å². The van der Waals surface area contributed by atoms with E-state index < -0.39 is 0 Å². The van der Waals surface area contributed by atoms with Crippen molar-refractivity contribution in [1.82, 2.24) is 14.8 Å². The third kappa shape index (κ3) is 3.94. The van der Waals surface area contributed by atoms with Crippen LogP contribution in [0.15, 0.2) is 36.7 Å². The summed E-state index contributed by atoms with van der Waals surface area (Å²) < 4.78 is 10.9. The van der Waals surface area contributed by atoms with Crippen molar-refractivity contribution in [3.8, 4) is 11.5 Å². The Morgan fingerprint density at radius 3 is 2.97 bits per heavy atom. The van der Waals surface area contributed by atoms with Crippen LogP contribution in [0.3, 0.4) is 0 Å². The number of aryl methyl sites for hydroxylation is 1. The van der Waals surface area contributed by atoms with E-state index in [0.717, 1.165) is 49.4 Å². The number of ether oxygens (including phenoxy) is 2. The molecule has 1 aromatic carbocycles. The number of aromatic nitrogens is 1. The van der Waals surface area contributed by atoms with E-state index in [1.165, 1.54) is 24.9 Å². The molecule has 1 unspecified atom stereocenters. The van der Waals surface area contributed by atoms with Crippen LogP contribution in [-0.4, -0.2) is 53.7 Å². The minimum atomic E-state index is 0.131. The molecule has 0 bridgehead atoms. The second kappa shape index (κ2) is 8.03. The number of nitrogens with zero attached hydrogens (tertiary/aromatic N) is 3. The maximum atomic E-state index is 12.9. The summed E-state index contributed by atoms with van der Waals surface area (Å²) in [6.45, 7) is 5.12. The van der Waals surface area contributed by atoms with Crippen molar-refractivity contribution in [2.75, 3.05) is 33.0 Å². The van der Waals surface area contributed by atoms with Gasteiger partial charge in [-0.25, -0.2) is 0 Å². The summed E-state index contributed by atoms with van der Waals surface area (Å²) >= 11 is 0. The Labute approximate surface area is 171 Å². The first-order valence-electron chi connectivity index (χ1n) is 10.6. The SMILES string of the molecule is O=C1c2cc3c(cc2CN1CC1CCCN(CCCc2cccnc2)C1)OCO3. The predicted molar refractivity (Wildman–Crippen MR) is 109 cm³/mol. The molecule has 0 N–H and O–H groups in total. The summed E-state index contributed by atoms with van der Waals surface area (Å²) in [4.78, 5) is 21.7. The Hall–Kier alpha value is -2.60. The van der Waals surface area contributed by atoms with Gasteiger partial charge < -0.3 is 19.3 Å². The molecule has 1 saturated heterocycles. The maximum absolute atomic E-state index is 12.9. The molecular weight excluding hydrogens is 366 g/mol. The largest absolute Gasteiger partial charge is 0.454 e. The van der Waals surface area contributed by atoms with Gasteiger partial charge in [-0.05, 0) is 74.0 Å². The standard InChI is InChI=1S/C23H27N3O3/c27-23-20-11-22-21(28-16-29-22)10-19(20)15-26(23)14-18-6-3-9-25(13-18)8-2-5-17-4-1-7-24-12-17/h1,4,7,10-12,18H,2-3,5-6,8-9,13-16H2. The van der Waals surface area contributed by atoms with Crippen molar-refractivity contribution < 1.29 is 14.3 Å². The number of carbonyl (C=O) groups is 1. The van der Waals surface area contributed by atoms with Crippen molar-refractivity contribution in [3.63, 3.8) is 0 Å². The van der Waals surface area contributed by atoms with Gasteiger partial charge in [0, 0.05) is 37.6 Å². The Morgan fingerprint density at radius 1 is 1.21 bits per heavy atom. The molecule has 6 heteroatoms. The van der Waals surface area contributed by atoms with Gasteiger partial charge in [0.25, 0.3) is 5.91 Å². The number of hydrogen-bond donors (Lipinski definition) is 0. The predicted octanol–water partition coefficient (Wildman–Crippen LogP) is 3.11. The highest BCUT2D eigenvalue weighted by molar-refractivity contribution is 5.99. The van der Waals surface area contributed by atoms with Crippen molar-refractivity contribution >= 4 is 5.91 Å². The summed E-state index contributed by atoms with van der Waals surface area (Å²) in [6, 6.07) is 7.98. The molecule has 0 saturated carbocycles. The Balaban J connectivity index is 1.14. The van der Waals surface area contributed by atoms with Crippen LogP contribution in [-0.2, 0) is 13.0 Å². The normalized spacial score (nSPS) is 20.9. The van der Waals surface area contributed by atoms with Gasteiger partial charge in [0.1, 0.15) is 0 Å². The molecule has 0 radical (unpaired) electrons. The van der Waals surface area contributed by atoms with Gasteiger partial charge in [0.05, 0.1) is 0 Å². The quantitative estimate of drug-likeness (QED) is 0.755. The minimum Gasteiger partial charge on any atom is -0.454 e. The number of amides is 1. The number of likely N-dealkylation sites (tertiary alicyclic amines) is 1. The summed E-state index contributed by atoms with van der Waals surface area (Å²) in [6.07, 6.45) is 8.41. The van der Waals surface area contributed by atoms with Crippen molar-refractivity contribution in [1.29, 1.82) is 0 Å². The molecule has 3 aliphatic heterocycles. The molecule has 0 aliphatic carbocycles. The molecule has 6 nitrogen and oxygen atoms in total. The monoisotopic (exact) mass is 393 g/mol. The van der Waals surface area contributed by atoms with Gasteiger partial charge in [0.2, 0.25) is 6.79 Å². The van der Waals surface area contributed by atoms with Crippen LogP contribution in [0.4, 0.5) is 0 Å². The second-order valence-corrected chi connectivity index (χ2v) is 8.32. The smallest absolute Gasteiger partial charge is 0.254 e. The highest BCUT2D eigenvalue weighted by Crippen LogP contribution is 2.38. The van der Waals surface area contributed by atoms with E-state index >= 15 is 0 Å². The van der Waals surface area contributed by atoms with Crippen LogP contribution in [0, 0.1) is 5.92 Å². The lowest BCUT2D eigenvalue weighted by atomic mass is 9.97. The molecule has 4 heterocycles. The number of rotatable bonds is 6. The molecule has 5 rings (SSSR count). The van der Waals surface area contributed by atoms with E-state index in [1.54, 1.807) is 0 Å². The Morgan fingerprint density at radius 2 is 2.10 bits per heavy atom. The summed E-state index contributed by atoms with van der Waals surface area (Å²) in [5.74, 6) is 2.12. The highest BCUT2D eigenvalue weighted by Gasteiger charge is 2.33. The fraction of sp³-hybridized carbons (Fsp3) is 0.478. The Bertz CT molecular complexity index is 886. The van der Waals surface area contributed by atoms with Gasteiger partial charge in [-0.3, -0.25) is 9.78 Å². The molecule has 3 aliphatic rings. The molecule has 1 aromatic heterocycles. The third-order valence-corrected chi connectivity index (χ3v) is 6.22. The molecule has 0 spiro atoms. The fourth-order valence-electron chi connectivity index (χ4n) is 4.78. The van der Waals surface area contributed by atoms with E-state index in [-0.39, 0.29) is 12.7 Å². The van der Waals surface area contributed by atoms with Crippen LogP contribution in [0.1, 0.15) is 40.7 Å². The van der Waals surface area contributed by atoms with E-state index in [4.69, 9.17) is 9.47 Å². The zero-order valence-electron chi connectivity index (χ0n) is 16.7. The van der Waals surface area contributed by atoms with E-state index in [0.29, 0.717) is 18.2 Å². The highest BCUT2D eigenvalue weighted by atomic mass is 16.7. The Kier molecular flexibility index (Phi) is 5.10. The number of benzene rings is 1. The maximum Gasteiger partial charge on any atom is 0.254 e. The van der Waals surface area contributed by atoms with E-state index in [1.807, 2.05) is 35.5 Å². The lowest BCUT2D eigenvalue weighted by molar-refractivity contribution is 0.0701. The number of piperidine rings is 1. The fourth-order valence-corrected chi connectivity index (χ4v) is 4.78. The lowest BCUT2D eigenvalue weighted by Gasteiger charge is -2.34. The first-order valence-corrected chi connectivity index (χ1v) is 10.6. The van der Waals surface area contributed by atoms with Crippen LogP contribution in [0.25, 0.3) is 0 Å². The van der Waals surface area contributed by atoms with Gasteiger partial charge >= 0.3 is 0 Å². The van der Waals surface area contributed by atoms with E-state index in [9.17, 15) is 4.79 Å². The van der Waals surface area contributed by atoms with Gasteiger partial charge in [-0.2, -0.15) is 0 Å². The minimum absolute atomic E-state index is 0.131. The first kappa shape index (κ1) is 18.4. The van der Waals surface area contributed by atoms with Crippen LogP contribution in [0.5, 0.6) is 11.5 Å². The summed E-state index contributed by atoms with van der Waals surface area (Å²) in [7, 11) is 0. The van der Waals surface area contributed by atoms with Crippen molar-refractivity contribution in [3.05, 3.63) is 53.3 Å². The van der Waals surface area contributed by atoms with Crippen molar-refractivity contribution in [2.24, 2.45) is 5.92 Å². The number of fused-ring (bicyclic) bond motifs is 2. The molecule has 1 amide bonds. The van der Waals surface area contributed by atoms with E-state index in [2.05, 4.69) is 16.0 Å². The first-order chi connectivity index (χ1) is 14.3. The van der Waals surface area contributed by atoms with Crippen LogP contribution in [0.2, 0.25) is 0 Å². The zero-order chi connectivity index (χ0) is 19.6. The van der Waals surface area contributed by atoms with Gasteiger partial charge in [-0.15, -0.1) is 0 Å². The average molecular weight is 393 g/mol. The topological polar surface area (TPSA) is 54.9 Å². The zero-order valence-corrected chi connectivity index (χ0v) is 16.7. The second-order valence-electron chi connectivity index (χ2n) is 8.32. The van der Waals surface area contributed by atoms with Gasteiger partial charge in [0.15, 0.2) is 11.5 Å². The van der Waals surface area contributed by atoms with Gasteiger partial charge in [-0.1, -0.05) is 6.07 Å². The van der Waals surface area contributed by atoms with Crippen LogP contribution >= 0.6 is 0 Å². The van der Waals surface area contributed by atoms with Crippen molar-refractivity contribution in [2.45, 2.75) is 32.2 Å². The molecule has 2 aromatic rings. The molecule has 1 atom stereocenters. The lowest BCUT2D eigenvalue weighted by Crippen LogP contribution is -2.41. The summed E-state index contributed by atoms with van der Waals surface area (Å²) in [5.41, 5.74) is 3.14. The number of carbonyl (C=O) groups excluding carboxylic acids is 1. The molecular formula is C23H27N3O3. The third-order valence-electron chi connectivity index (χ3n) is 6.22. The average Bonchev–Trinajstić information content (AvgIpc) is 3.32. The molecule has 152 valence electrons. The number of pyridine rings is 1.